The van der Waals surface area contributed by atoms with Crippen LogP contribution in [0.2, 0.25) is 5.02 Å². The quantitative estimate of drug-likeness (QED) is 0.609. The third-order valence-electron chi connectivity index (χ3n) is 1.86. The molecule has 15 heavy (non-hydrogen) atoms. The maximum Gasteiger partial charge on any atom is 0.200 e. The van der Waals surface area contributed by atoms with Crippen molar-refractivity contribution in [3.05, 3.63) is 29.0 Å². The second kappa shape index (κ2) is 4.88. The van der Waals surface area contributed by atoms with Crippen molar-refractivity contribution in [3.63, 3.8) is 0 Å². The minimum absolute atomic E-state index is 0.196. The molecule has 0 N–H and O–H groups in total. The van der Waals surface area contributed by atoms with Gasteiger partial charge in [0.05, 0.1) is 5.92 Å². The van der Waals surface area contributed by atoms with Crippen LogP contribution in [0.3, 0.4) is 0 Å². The van der Waals surface area contributed by atoms with E-state index in [-0.39, 0.29) is 11.5 Å². The molecule has 1 rings (SSSR count). The molecule has 2 nitrogen and oxygen atoms in total. The van der Waals surface area contributed by atoms with Crippen LogP contribution in [0.5, 0.6) is 0 Å². The van der Waals surface area contributed by atoms with Crippen molar-refractivity contribution in [2.45, 2.75) is 10.7 Å². The fourth-order valence-electron chi connectivity index (χ4n) is 0.910. The van der Waals surface area contributed by atoms with Gasteiger partial charge in [-0.1, -0.05) is 53.3 Å². The Morgan fingerprint density at radius 1 is 1.47 bits per heavy atom. The summed E-state index contributed by atoms with van der Waals surface area (Å²) < 4.78 is -1.64. The van der Waals surface area contributed by atoms with E-state index in [2.05, 4.69) is 4.98 Å². The molecule has 82 valence electrons. The first-order chi connectivity index (χ1) is 6.82. The highest BCUT2D eigenvalue weighted by atomic mass is 35.6. The predicted molar refractivity (Wildman–Crippen MR) is 63.0 cm³/mol. The molecule has 0 fully saturated rings. The number of nitrogens with zero attached hydrogens (tertiary/aromatic N) is 1. The van der Waals surface area contributed by atoms with E-state index in [1.165, 1.54) is 19.2 Å². The van der Waals surface area contributed by atoms with E-state index in [0.29, 0.717) is 5.02 Å². The Kier molecular flexibility index (Phi) is 4.24. The number of hydrogen-bond acceptors (Lipinski definition) is 2. The Morgan fingerprint density at radius 3 is 2.53 bits per heavy atom. The Bertz CT molecular complexity index is 375. The molecule has 0 amide bonds. The fraction of sp³-hybridized carbons (Fsp3) is 0.333. The van der Waals surface area contributed by atoms with Crippen LogP contribution in [-0.2, 0) is 0 Å². The van der Waals surface area contributed by atoms with Crippen LogP contribution in [0.15, 0.2) is 18.3 Å². The summed E-state index contributed by atoms with van der Waals surface area (Å²) in [5.74, 6) is -1.12. The lowest BCUT2D eigenvalue weighted by Crippen LogP contribution is -2.25. The summed E-state index contributed by atoms with van der Waals surface area (Å²) in [6.45, 7) is 1.53. The Morgan fingerprint density at radius 2 is 2.07 bits per heavy atom. The molecule has 0 saturated heterocycles. The van der Waals surface area contributed by atoms with Crippen molar-refractivity contribution in [3.8, 4) is 0 Å². The van der Waals surface area contributed by atoms with Gasteiger partial charge in [-0.05, 0) is 12.1 Å². The Labute approximate surface area is 107 Å². The van der Waals surface area contributed by atoms with Crippen LogP contribution in [0.4, 0.5) is 0 Å². The standard InChI is InChI=1S/C9H7Cl4NO/c1-5(9(11,12)13)8(15)7-4-6(10)2-3-14-7/h2-5H,1H3/t5-/m1/s1. The van der Waals surface area contributed by atoms with Crippen LogP contribution in [-0.4, -0.2) is 14.6 Å². The van der Waals surface area contributed by atoms with E-state index < -0.39 is 9.71 Å². The molecule has 1 aromatic rings. The van der Waals surface area contributed by atoms with Gasteiger partial charge < -0.3 is 0 Å². The molecule has 0 radical (unpaired) electrons. The maximum absolute atomic E-state index is 11.8. The molecule has 0 aromatic carbocycles. The number of ketones is 1. The summed E-state index contributed by atoms with van der Waals surface area (Å²) in [5, 5.41) is 0.421. The van der Waals surface area contributed by atoms with E-state index in [1.54, 1.807) is 6.07 Å². The zero-order valence-electron chi connectivity index (χ0n) is 7.68. The number of carbonyl (C=O) groups excluding carboxylic acids is 1. The third kappa shape index (κ3) is 3.49. The van der Waals surface area contributed by atoms with E-state index in [0.717, 1.165) is 0 Å². The summed E-state index contributed by atoms with van der Waals surface area (Å²) in [6, 6.07) is 3.01. The maximum atomic E-state index is 11.8. The number of pyridine rings is 1. The summed E-state index contributed by atoms with van der Waals surface area (Å²) in [4.78, 5) is 15.6. The average Bonchev–Trinajstić information content (AvgIpc) is 2.14. The predicted octanol–water partition coefficient (Wildman–Crippen LogP) is 3.92. The van der Waals surface area contributed by atoms with Crippen molar-refractivity contribution >= 4 is 52.2 Å². The first-order valence-electron chi connectivity index (χ1n) is 4.05. The summed E-state index contributed by atoms with van der Waals surface area (Å²) in [6.07, 6.45) is 1.43. The SMILES string of the molecule is C[C@H](C(=O)c1cc(Cl)ccn1)C(Cl)(Cl)Cl. The molecule has 6 heteroatoms. The van der Waals surface area contributed by atoms with Crippen LogP contribution >= 0.6 is 46.4 Å². The van der Waals surface area contributed by atoms with Crippen LogP contribution in [0.1, 0.15) is 17.4 Å². The molecular weight excluding hydrogens is 280 g/mol. The largest absolute Gasteiger partial charge is 0.292 e. The monoisotopic (exact) mass is 285 g/mol. The van der Waals surface area contributed by atoms with E-state index in [9.17, 15) is 4.79 Å². The molecular formula is C9H7Cl4NO. The average molecular weight is 287 g/mol. The molecule has 0 unspecified atom stereocenters. The van der Waals surface area contributed by atoms with Gasteiger partial charge in [-0.3, -0.25) is 9.78 Å². The molecule has 1 aromatic heterocycles. The Balaban J connectivity index is 2.95. The lowest BCUT2D eigenvalue weighted by molar-refractivity contribution is 0.0926. The number of alkyl halides is 3. The van der Waals surface area contributed by atoms with Gasteiger partial charge in [-0.2, -0.15) is 0 Å². The lowest BCUT2D eigenvalue weighted by atomic mass is 10.1. The van der Waals surface area contributed by atoms with Crippen molar-refractivity contribution < 1.29 is 4.79 Å². The molecule has 0 aliphatic heterocycles. The first kappa shape index (κ1) is 13.0. The molecule has 0 aliphatic rings. The van der Waals surface area contributed by atoms with Crippen molar-refractivity contribution in [1.29, 1.82) is 0 Å². The number of carbonyl (C=O) groups is 1. The number of hydrogen-bond donors (Lipinski definition) is 0. The third-order valence-corrected chi connectivity index (χ3v) is 3.08. The number of rotatable bonds is 2. The number of halogens is 4. The van der Waals surface area contributed by atoms with Gasteiger partial charge in [-0.15, -0.1) is 0 Å². The van der Waals surface area contributed by atoms with E-state index >= 15 is 0 Å². The fourth-order valence-corrected chi connectivity index (χ4v) is 1.37. The van der Waals surface area contributed by atoms with E-state index in [1.807, 2.05) is 0 Å². The zero-order valence-corrected chi connectivity index (χ0v) is 10.7. The van der Waals surface area contributed by atoms with E-state index in [4.69, 9.17) is 46.4 Å². The van der Waals surface area contributed by atoms with Crippen molar-refractivity contribution in [2.24, 2.45) is 5.92 Å². The zero-order chi connectivity index (χ0) is 11.6. The lowest BCUT2D eigenvalue weighted by Gasteiger charge is -2.18. The molecule has 0 saturated carbocycles. The highest BCUT2D eigenvalue weighted by Gasteiger charge is 2.35. The number of Topliss-reactive ketones (excluding diaryl/α,β-unsaturated/α-hetero) is 1. The smallest absolute Gasteiger partial charge is 0.200 e. The summed E-state index contributed by atoms with van der Waals surface area (Å²) in [5.41, 5.74) is 0.196. The molecule has 1 heterocycles. The second-order valence-electron chi connectivity index (χ2n) is 2.99. The van der Waals surface area contributed by atoms with Gasteiger partial charge >= 0.3 is 0 Å². The van der Waals surface area contributed by atoms with Gasteiger partial charge in [0.2, 0.25) is 0 Å². The minimum atomic E-state index is -1.64. The van der Waals surface area contributed by atoms with Crippen LogP contribution < -0.4 is 0 Å². The van der Waals surface area contributed by atoms with Gasteiger partial charge in [0.1, 0.15) is 5.69 Å². The van der Waals surface area contributed by atoms with Crippen molar-refractivity contribution in [1.82, 2.24) is 4.98 Å². The first-order valence-corrected chi connectivity index (χ1v) is 5.56. The highest BCUT2D eigenvalue weighted by Crippen LogP contribution is 2.36. The Hall–Kier alpha value is -0.0200. The molecule has 0 spiro atoms. The van der Waals surface area contributed by atoms with Gasteiger partial charge in [0.15, 0.2) is 9.58 Å². The molecule has 1 atom stereocenters. The summed E-state index contributed by atoms with van der Waals surface area (Å²) in [7, 11) is 0. The van der Waals surface area contributed by atoms with Crippen molar-refractivity contribution in [2.75, 3.05) is 0 Å². The summed E-state index contributed by atoms with van der Waals surface area (Å²) >= 11 is 22.6. The number of aromatic nitrogens is 1. The molecule has 0 aliphatic carbocycles. The van der Waals surface area contributed by atoms with Gasteiger partial charge in [0.25, 0.3) is 0 Å². The molecule has 0 bridgehead atoms. The highest BCUT2D eigenvalue weighted by molar-refractivity contribution is 6.68. The normalized spacial score (nSPS) is 13.7. The van der Waals surface area contributed by atoms with Crippen LogP contribution in [0, 0.1) is 5.92 Å². The van der Waals surface area contributed by atoms with Gasteiger partial charge in [0, 0.05) is 11.2 Å². The minimum Gasteiger partial charge on any atom is -0.292 e. The van der Waals surface area contributed by atoms with Gasteiger partial charge in [-0.25, -0.2) is 0 Å². The van der Waals surface area contributed by atoms with Crippen LogP contribution in [0.25, 0.3) is 0 Å². The second-order valence-corrected chi connectivity index (χ2v) is 5.79. The topological polar surface area (TPSA) is 30.0 Å².